The molecular formula is H2NO2V-. The van der Waals surface area contributed by atoms with Crippen LogP contribution in [0.15, 0.2) is 0 Å². The Morgan fingerprint density at radius 1 is 0.750 bits per heavy atom. The van der Waals surface area contributed by atoms with Crippen molar-refractivity contribution in [3.05, 3.63) is 6.15 Å². The molecular weight excluding hydrogens is 96.9 g/mol. The van der Waals surface area contributed by atoms with Crippen molar-refractivity contribution < 1.29 is 29.5 Å². The van der Waals surface area contributed by atoms with E-state index < -0.39 is 0 Å². The van der Waals surface area contributed by atoms with Gasteiger partial charge in [0.1, 0.15) is 0 Å². The molecule has 0 rings (SSSR count). The summed E-state index contributed by atoms with van der Waals surface area (Å²) in [6, 6.07) is 0. The number of hydrogen-bond donors (Lipinski definition) is 0. The van der Waals surface area contributed by atoms with Gasteiger partial charge in [-0.25, -0.2) is 0 Å². The van der Waals surface area contributed by atoms with Crippen LogP contribution in [0.2, 0.25) is 0 Å². The van der Waals surface area contributed by atoms with Crippen molar-refractivity contribution in [1.82, 2.24) is 0 Å². The normalized spacial score (nSPS) is 0. The Morgan fingerprint density at radius 2 is 0.750 bits per heavy atom. The summed E-state index contributed by atoms with van der Waals surface area (Å²) in [6.45, 7) is 0. The predicted molar refractivity (Wildman–Crippen MR) is 6.66 cm³/mol. The zero-order chi connectivity index (χ0) is 0. The minimum atomic E-state index is 0. The van der Waals surface area contributed by atoms with Crippen LogP contribution < -0.4 is 0 Å². The Hall–Kier alpha value is 0.464. The van der Waals surface area contributed by atoms with E-state index in [0.717, 1.165) is 0 Å². The van der Waals surface area contributed by atoms with Gasteiger partial charge in [0.2, 0.25) is 0 Å². The molecule has 0 unspecified atom stereocenters. The molecule has 0 aromatic carbocycles. The molecule has 0 amide bonds. The maximum Gasteiger partial charge on any atom is 4.00 e. The topological polar surface area (TPSA) is 90.5 Å². The van der Waals surface area contributed by atoms with Crippen LogP contribution in [0.25, 0.3) is 6.15 Å². The van der Waals surface area contributed by atoms with Crippen molar-refractivity contribution in [1.29, 1.82) is 0 Å². The van der Waals surface area contributed by atoms with Crippen LogP contribution in [0.5, 0.6) is 0 Å². The van der Waals surface area contributed by atoms with Gasteiger partial charge in [0.25, 0.3) is 0 Å². The van der Waals surface area contributed by atoms with Crippen LogP contribution in [0.3, 0.4) is 0 Å². The van der Waals surface area contributed by atoms with Crippen molar-refractivity contribution in [3.8, 4) is 0 Å². The van der Waals surface area contributed by atoms with Crippen molar-refractivity contribution in [2.24, 2.45) is 0 Å². The van der Waals surface area contributed by atoms with Crippen molar-refractivity contribution >= 4 is 0 Å². The minimum Gasteiger partial charge on any atom is -2.00 e. The summed E-state index contributed by atoms with van der Waals surface area (Å²) in [4.78, 5) is 0. The maximum atomic E-state index is 0. The SMILES string of the molecule is [NH2-].[O-2].[O-2].[V+4]. The fourth-order valence-corrected chi connectivity index (χ4v) is 0. The molecule has 0 fully saturated rings. The maximum absolute atomic E-state index is 0. The molecule has 4 heavy (non-hydrogen) atoms. The molecule has 0 heterocycles. The van der Waals surface area contributed by atoms with E-state index in [1.165, 1.54) is 0 Å². The predicted octanol–water partition coefficient (Wildman–Crippen LogP) is 0.477. The molecule has 0 aromatic rings. The summed E-state index contributed by atoms with van der Waals surface area (Å²) in [5, 5.41) is 0. The second-order valence-electron chi connectivity index (χ2n) is 0. The van der Waals surface area contributed by atoms with E-state index >= 15 is 0 Å². The average Bonchev–Trinajstić information content (AvgIpc) is 0. The van der Waals surface area contributed by atoms with Gasteiger partial charge < -0.3 is 17.1 Å². The van der Waals surface area contributed by atoms with Gasteiger partial charge in [-0.2, -0.15) is 0 Å². The molecule has 3 nitrogen and oxygen atoms in total. The first kappa shape index (κ1) is 248. The Bertz CT molecular complexity index is 6.00. The number of nitrogens with two attached hydrogens (primary N) is 1. The summed E-state index contributed by atoms with van der Waals surface area (Å²) in [5.74, 6) is 0. The zero-order valence-corrected chi connectivity index (χ0v) is 3.24. The van der Waals surface area contributed by atoms with Gasteiger partial charge in [-0.3, -0.25) is 0 Å². The summed E-state index contributed by atoms with van der Waals surface area (Å²) in [6.07, 6.45) is 0. The summed E-state index contributed by atoms with van der Waals surface area (Å²) in [7, 11) is 0. The zero-order valence-electron chi connectivity index (χ0n) is 1.84. The Balaban J connectivity index is 0. The average molecular weight is 99.0 g/mol. The summed E-state index contributed by atoms with van der Waals surface area (Å²) >= 11 is 0. The van der Waals surface area contributed by atoms with Crippen LogP contribution in [0.4, 0.5) is 0 Å². The molecule has 25 valence electrons. The second-order valence-corrected chi connectivity index (χ2v) is 0. The third-order valence-electron chi connectivity index (χ3n) is 0. The molecule has 0 aromatic heterocycles. The van der Waals surface area contributed by atoms with E-state index in [2.05, 4.69) is 0 Å². The first-order chi connectivity index (χ1) is 0. The van der Waals surface area contributed by atoms with Crippen molar-refractivity contribution in [3.63, 3.8) is 0 Å². The Labute approximate surface area is 36.5 Å². The third-order valence-corrected chi connectivity index (χ3v) is 0. The minimum absolute atomic E-state index is 0. The van der Waals surface area contributed by atoms with Crippen LogP contribution in [-0.2, 0) is 29.5 Å². The fraction of sp³-hybridized carbons (Fsp3) is 0. The fourth-order valence-electron chi connectivity index (χ4n) is 0. The number of rotatable bonds is 0. The van der Waals surface area contributed by atoms with E-state index in [1.807, 2.05) is 0 Å². The molecule has 0 bridgehead atoms. The standard InChI is InChI=1S/H2N.2O.V/h1H2;;;/q-1;2*-2;+4. The van der Waals surface area contributed by atoms with Gasteiger partial charge in [0, 0.05) is 0 Å². The largest absolute Gasteiger partial charge is 4.00 e. The first-order valence-corrected chi connectivity index (χ1v) is 0. The van der Waals surface area contributed by atoms with Crippen LogP contribution in [0.1, 0.15) is 0 Å². The third kappa shape index (κ3) is 24.5. The van der Waals surface area contributed by atoms with Gasteiger partial charge in [-0.05, 0) is 0 Å². The Kier molecular flexibility index (Phi) is 6060. The van der Waals surface area contributed by atoms with Gasteiger partial charge in [-0.1, -0.05) is 0 Å². The van der Waals surface area contributed by atoms with Gasteiger partial charge >= 0.3 is 18.6 Å². The van der Waals surface area contributed by atoms with Crippen LogP contribution >= 0.6 is 0 Å². The summed E-state index contributed by atoms with van der Waals surface area (Å²) in [5.41, 5.74) is 0. The molecule has 0 atom stereocenters. The molecule has 2 N–H and O–H groups in total. The van der Waals surface area contributed by atoms with E-state index in [4.69, 9.17) is 0 Å². The molecule has 0 spiro atoms. The molecule has 0 aliphatic rings. The van der Waals surface area contributed by atoms with Gasteiger partial charge in [0.05, 0.1) is 0 Å². The van der Waals surface area contributed by atoms with E-state index in [1.54, 1.807) is 0 Å². The van der Waals surface area contributed by atoms with E-state index in [-0.39, 0.29) is 35.7 Å². The smallest absolute Gasteiger partial charge is 2.00 e. The van der Waals surface area contributed by atoms with Gasteiger partial charge in [0.15, 0.2) is 0 Å². The molecule has 1 radical (unpaired) electrons. The van der Waals surface area contributed by atoms with E-state index in [9.17, 15) is 0 Å². The van der Waals surface area contributed by atoms with Gasteiger partial charge in [-0.15, -0.1) is 0 Å². The molecule has 0 saturated heterocycles. The van der Waals surface area contributed by atoms with Crippen molar-refractivity contribution in [2.75, 3.05) is 0 Å². The van der Waals surface area contributed by atoms with E-state index in [0.29, 0.717) is 0 Å². The molecule has 0 saturated carbocycles. The quantitative estimate of drug-likeness (QED) is 0.422. The van der Waals surface area contributed by atoms with Crippen LogP contribution in [-0.4, -0.2) is 0 Å². The second kappa shape index (κ2) is 97.6. The molecule has 0 aliphatic heterocycles. The van der Waals surface area contributed by atoms with Crippen LogP contribution in [0, 0.1) is 0 Å². The summed E-state index contributed by atoms with van der Waals surface area (Å²) < 4.78 is 0. The molecule has 4 heteroatoms. The molecule has 0 aliphatic carbocycles. The number of hydrogen-bond acceptors (Lipinski definition) is 0. The Morgan fingerprint density at radius 3 is 0.750 bits per heavy atom. The first-order valence-electron chi connectivity index (χ1n) is 0. The monoisotopic (exact) mass is 99.0 g/mol. The van der Waals surface area contributed by atoms with Crippen molar-refractivity contribution in [2.45, 2.75) is 0 Å².